The monoisotopic (exact) mass is 325 g/mol. The number of rotatable bonds is 7. The first-order valence-corrected chi connectivity index (χ1v) is 8.18. The van der Waals surface area contributed by atoms with Crippen molar-refractivity contribution in [2.24, 2.45) is 0 Å². The SMILES string of the molecule is CCCN(C(=O)c1ccc(CCC(=O)OC)cc1)c1ccccc1. The van der Waals surface area contributed by atoms with Crippen LogP contribution in [0.1, 0.15) is 35.7 Å². The fourth-order valence-corrected chi connectivity index (χ4v) is 2.50. The summed E-state index contributed by atoms with van der Waals surface area (Å²) in [7, 11) is 1.38. The maximum absolute atomic E-state index is 12.8. The van der Waals surface area contributed by atoms with Crippen LogP contribution in [0, 0.1) is 0 Å². The summed E-state index contributed by atoms with van der Waals surface area (Å²) in [6.07, 6.45) is 1.84. The zero-order chi connectivity index (χ0) is 17.4. The average molecular weight is 325 g/mol. The van der Waals surface area contributed by atoms with Crippen LogP contribution in [0.2, 0.25) is 0 Å². The Morgan fingerprint density at radius 1 is 1.00 bits per heavy atom. The summed E-state index contributed by atoms with van der Waals surface area (Å²) in [6.45, 7) is 2.73. The van der Waals surface area contributed by atoms with E-state index in [2.05, 4.69) is 11.7 Å². The Balaban J connectivity index is 2.11. The van der Waals surface area contributed by atoms with Crippen molar-refractivity contribution in [2.45, 2.75) is 26.2 Å². The van der Waals surface area contributed by atoms with Crippen molar-refractivity contribution in [1.29, 1.82) is 0 Å². The average Bonchev–Trinajstić information content (AvgIpc) is 2.64. The summed E-state index contributed by atoms with van der Waals surface area (Å²) in [5, 5.41) is 0. The molecule has 0 spiro atoms. The second kappa shape index (κ2) is 8.87. The lowest BCUT2D eigenvalue weighted by Crippen LogP contribution is -2.31. The standard InChI is InChI=1S/C20H23NO3/c1-3-15-21(18-7-5-4-6-8-18)20(23)17-12-9-16(10-13-17)11-14-19(22)24-2/h4-10,12-13H,3,11,14-15H2,1-2H3. The Kier molecular flexibility index (Phi) is 6.55. The Labute approximate surface area is 143 Å². The molecule has 4 nitrogen and oxygen atoms in total. The molecule has 1 amide bonds. The minimum atomic E-state index is -0.228. The second-order valence-corrected chi connectivity index (χ2v) is 5.57. The van der Waals surface area contributed by atoms with Crippen LogP contribution in [0.5, 0.6) is 0 Å². The van der Waals surface area contributed by atoms with Gasteiger partial charge in [0.1, 0.15) is 0 Å². The molecule has 4 heteroatoms. The van der Waals surface area contributed by atoms with Gasteiger partial charge in [-0.25, -0.2) is 0 Å². The van der Waals surface area contributed by atoms with Gasteiger partial charge in [-0.2, -0.15) is 0 Å². The number of anilines is 1. The third-order valence-electron chi connectivity index (χ3n) is 3.81. The molecule has 0 radical (unpaired) electrons. The lowest BCUT2D eigenvalue weighted by atomic mass is 10.1. The van der Waals surface area contributed by atoms with Crippen LogP contribution in [-0.4, -0.2) is 25.5 Å². The van der Waals surface area contributed by atoms with Gasteiger partial charge in [-0.15, -0.1) is 0 Å². The second-order valence-electron chi connectivity index (χ2n) is 5.57. The van der Waals surface area contributed by atoms with Crippen LogP contribution >= 0.6 is 0 Å². The molecule has 0 heterocycles. The number of amides is 1. The Hall–Kier alpha value is -2.62. The van der Waals surface area contributed by atoms with Crippen molar-refractivity contribution in [3.63, 3.8) is 0 Å². The van der Waals surface area contributed by atoms with Gasteiger partial charge in [-0.1, -0.05) is 37.3 Å². The first-order valence-electron chi connectivity index (χ1n) is 8.18. The van der Waals surface area contributed by atoms with E-state index in [0.717, 1.165) is 17.7 Å². The van der Waals surface area contributed by atoms with Crippen molar-refractivity contribution in [3.05, 3.63) is 65.7 Å². The first kappa shape index (κ1) is 17.7. The van der Waals surface area contributed by atoms with E-state index in [1.165, 1.54) is 7.11 Å². The number of hydrogen-bond acceptors (Lipinski definition) is 3. The molecule has 0 saturated heterocycles. The maximum Gasteiger partial charge on any atom is 0.305 e. The van der Waals surface area contributed by atoms with Crippen LogP contribution in [-0.2, 0) is 16.0 Å². The number of methoxy groups -OCH3 is 1. The molecule has 0 aliphatic rings. The lowest BCUT2D eigenvalue weighted by Gasteiger charge is -2.22. The highest BCUT2D eigenvalue weighted by atomic mass is 16.5. The fourth-order valence-electron chi connectivity index (χ4n) is 2.50. The third kappa shape index (κ3) is 4.69. The van der Waals surface area contributed by atoms with Crippen LogP contribution < -0.4 is 4.90 Å². The van der Waals surface area contributed by atoms with Crippen LogP contribution in [0.15, 0.2) is 54.6 Å². The predicted molar refractivity (Wildman–Crippen MR) is 95.2 cm³/mol. The summed E-state index contributed by atoms with van der Waals surface area (Å²) < 4.78 is 4.64. The quantitative estimate of drug-likeness (QED) is 0.727. The van der Waals surface area contributed by atoms with Crippen molar-refractivity contribution >= 4 is 17.6 Å². The molecule has 0 aliphatic carbocycles. The van der Waals surface area contributed by atoms with E-state index in [1.54, 1.807) is 4.90 Å². The van der Waals surface area contributed by atoms with Crippen molar-refractivity contribution in [2.75, 3.05) is 18.6 Å². The van der Waals surface area contributed by atoms with Gasteiger partial charge in [-0.3, -0.25) is 9.59 Å². The number of esters is 1. The number of carbonyl (C=O) groups is 2. The van der Waals surface area contributed by atoms with E-state index in [1.807, 2.05) is 54.6 Å². The van der Waals surface area contributed by atoms with Crippen LogP contribution in [0.25, 0.3) is 0 Å². The van der Waals surface area contributed by atoms with E-state index in [-0.39, 0.29) is 11.9 Å². The van der Waals surface area contributed by atoms with Crippen LogP contribution in [0.3, 0.4) is 0 Å². The maximum atomic E-state index is 12.8. The van der Waals surface area contributed by atoms with E-state index < -0.39 is 0 Å². The summed E-state index contributed by atoms with van der Waals surface area (Å²) in [5.74, 6) is -0.240. The predicted octanol–water partition coefficient (Wildman–Crippen LogP) is 3.85. The molecule has 0 aromatic heterocycles. The number of carbonyl (C=O) groups excluding carboxylic acids is 2. The molecule has 0 fully saturated rings. The summed E-state index contributed by atoms with van der Waals surface area (Å²) in [4.78, 5) is 25.8. The summed E-state index contributed by atoms with van der Waals surface area (Å²) in [5.41, 5.74) is 2.56. The number of benzene rings is 2. The number of ether oxygens (including phenoxy) is 1. The Morgan fingerprint density at radius 3 is 2.25 bits per heavy atom. The van der Waals surface area contributed by atoms with E-state index in [0.29, 0.717) is 24.9 Å². The highest BCUT2D eigenvalue weighted by Gasteiger charge is 2.16. The highest BCUT2D eigenvalue weighted by molar-refractivity contribution is 6.06. The largest absolute Gasteiger partial charge is 0.469 e. The molecule has 2 rings (SSSR count). The molecule has 24 heavy (non-hydrogen) atoms. The normalized spacial score (nSPS) is 10.2. The van der Waals surface area contributed by atoms with Gasteiger partial charge in [0.2, 0.25) is 0 Å². The molecule has 0 saturated carbocycles. The zero-order valence-corrected chi connectivity index (χ0v) is 14.2. The van der Waals surface area contributed by atoms with E-state index in [9.17, 15) is 9.59 Å². The molecule has 0 aliphatic heterocycles. The van der Waals surface area contributed by atoms with Gasteiger partial charge in [0, 0.05) is 24.2 Å². The third-order valence-corrected chi connectivity index (χ3v) is 3.81. The topological polar surface area (TPSA) is 46.6 Å². The van der Waals surface area contributed by atoms with Crippen molar-refractivity contribution < 1.29 is 14.3 Å². The van der Waals surface area contributed by atoms with Gasteiger partial charge in [0.25, 0.3) is 5.91 Å². The number of para-hydroxylation sites is 1. The molecule has 2 aromatic rings. The lowest BCUT2D eigenvalue weighted by molar-refractivity contribution is -0.140. The van der Waals surface area contributed by atoms with E-state index >= 15 is 0 Å². The van der Waals surface area contributed by atoms with Gasteiger partial charge in [0.15, 0.2) is 0 Å². The fraction of sp³-hybridized carbons (Fsp3) is 0.300. The molecule has 126 valence electrons. The number of nitrogens with zero attached hydrogens (tertiary/aromatic N) is 1. The van der Waals surface area contributed by atoms with Gasteiger partial charge >= 0.3 is 5.97 Å². The molecular weight excluding hydrogens is 302 g/mol. The minimum absolute atomic E-state index is 0.0115. The minimum Gasteiger partial charge on any atom is -0.469 e. The zero-order valence-electron chi connectivity index (χ0n) is 14.2. The number of hydrogen-bond donors (Lipinski definition) is 0. The smallest absolute Gasteiger partial charge is 0.305 e. The molecular formula is C20H23NO3. The van der Waals surface area contributed by atoms with Gasteiger partial charge in [0.05, 0.1) is 7.11 Å². The van der Waals surface area contributed by atoms with Gasteiger partial charge < -0.3 is 9.64 Å². The van der Waals surface area contributed by atoms with Crippen molar-refractivity contribution in [3.8, 4) is 0 Å². The summed E-state index contributed by atoms with van der Waals surface area (Å²) in [6, 6.07) is 17.1. The summed E-state index contributed by atoms with van der Waals surface area (Å²) >= 11 is 0. The molecule has 0 N–H and O–H groups in total. The molecule has 0 bridgehead atoms. The van der Waals surface area contributed by atoms with E-state index in [4.69, 9.17) is 0 Å². The molecule has 0 unspecified atom stereocenters. The number of aryl methyl sites for hydroxylation is 1. The molecule has 2 aromatic carbocycles. The Bertz CT molecular complexity index is 665. The molecule has 0 atom stereocenters. The Morgan fingerprint density at radius 2 is 1.67 bits per heavy atom. The van der Waals surface area contributed by atoms with Crippen molar-refractivity contribution in [1.82, 2.24) is 0 Å². The highest BCUT2D eigenvalue weighted by Crippen LogP contribution is 2.18. The first-order chi connectivity index (χ1) is 11.7. The van der Waals surface area contributed by atoms with Gasteiger partial charge in [-0.05, 0) is 42.7 Å². The van der Waals surface area contributed by atoms with Crippen LogP contribution in [0.4, 0.5) is 5.69 Å².